The summed E-state index contributed by atoms with van der Waals surface area (Å²) in [5.41, 5.74) is 2.05. The Bertz CT molecular complexity index is 568. The molecular weight excluding hydrogens is 278 g/mol. The van der Waals surface area contributed by atoms with Crippen LogP contribution in [0.15, 0.2) is 24.4 Å². The third-order valence-electron chi connectivity index (χ3n) is 3.87. The van der Waals surface area contributed by atoms with Gasteiger partial charge < -0.3 is 15.5 Å². The maximum absolute atomic E-state index is 9.40. The van der Waals surface area contributed by atoms with E-state index in [1.807, 2.05) is 18.3 Å². The van der Waals surface area contributed by atoms with Gasteiger partial charge in [0.25, 0.3) is 0 Å². The second kappa shape index (κ2) is 8.76. The van der Waals surface area contributed by atoms with Crippen LogP contribution in [0.2, 0.25) is 0 Å². The molecule has 0 fully saturated rings. The predicted molar refractivity (Wildman–Crippen MR) is 90.1 cm³/mol. The predicted octanol–water partition coefficient (Wildman–Crippen LogP) is 2.77. The molecule has 1 unspecified atom stereocenters. The van der Waals surface area contributed by atoms with Crippen LogP contribution in [0.5, 0.6) is 0 Å². The van der Waals surface area contributed by atoms with E-state index in [1.165, 1.54) is 25.7 Å². The number of aliphatic hydroxyl groups is 2. The number of aliphatic hydroxyl groups excluding tert-OH is 2. The lowest BCUT2D eigenvalue weighted by Crippen LogP contribution is -2.22. The average Bonchev–Trinajstić information content (AvgIpc) is 2.95. The van der Waals surface area contributed by atoms with E-state index in [0.717, 1.165) is 29.6 Å². The maximum atomic E-state index is 9.40. The third kappa shape index (κ3) is 4.71. The highest BCUT2D eigenvalue weighted by molar-refractivity contribution is 5.82. The molecule has 0 aliphatic rings. The van der Waals surface area contributed by atoms with Crippen molar-refractivity contribution < 1.29 is 10.2 Å². The topological polar surface area (TPSA) is 70.3 Å². The fraction of sp³-hybridized carbons (Fsp3) is 0.588. The first-order valence-electron chi connectivity index (χ1n) is 8.23. The summed E-state index contributed by atoms with van der Waals surface area (Å²) in [5.74, 6) is 0. The Kier molecular flexibility index (Phi) is 6.68. The standard InChI is InChI=1S/C17H27N3O2/c1-2-3-4-5-6-9-20-17-10-15(18-12-16(22)13-21)8-7-14(17)11-19-20/h7-8,10-11,16,18,21-22H,2-6,9,12-13H2,1H3. The number of hydrogen-bond donors (Lipinski definition) is 3. The molecule has 1 aromatic heterocycles. The van der Waals surface area contributed by atoms with E-state index in [9.17, 15) is 5.11 Å². The molecule has 1 atom stereocenters. The SMILES string of the molecule is CCCCCCCn1ncc2ccc(NCC(O)CO)cc21. The van der Waals surface area contributed by atoms with Crippen molar-refractivity contribution in [2.75, 3.05) is 18.5 Å². The molecule has 0 saturated carbocycles. The second-order valence-corrected chi connectivity index (χ2v) is 5.77. The van der Waals surface area contributed by atoms with Crippen LogP contribution < -0.4 is 5.32 Å². The Labute approximate surface area is 132 Å². The van der Waals surface area contributed by atoms with Crippen molar-refractivity contribution >= 4 is 16.6 Å². The molecule has 0 radical (unpaired) electrons. The first kappa shape index (κ1) is 16.8. The number of unbranched alkanes of at least 4 members (excludes halogenated alkanes) is 4. The number of nitrogens with zero attached hydrogens (tertiary/aromatic N) is 2. The van der Waals surface area contributed by atoms with Crippen LogP contribution in [0.3, 0.4) is 0 Å². The van der Waals surface area contributed by atoms with E-state index >= 15 is 0 Å². The molecule has 0 amide bonds. The third-order valence-corrected chi connectivity index (χ3v) is 3.87. The van der Waals surface area contributed by atoms with Crippen LogP contribution in [0, 0.1) is 0 Å². The highest BCUT2D eigenvalue weighted by Crippen LogP contribution is 2.19. The van der Waals surface area contributed by atoms with Gasteiger partial charge in [-0.15, -0.1) is 0 Å². The zero-order valence-electron chi connectivity index (χ0n) is 13.3. The molecule has 0 bridgehead atoms. The number of benzene rings is 1. The Morgan fingerprint density at radius 2 is 2.05 bits per heavy atom. The summed E-state index contributed by atoms with van der Waals surface area (Å²) in [7, 11) is 0. The Morgan fingerprint density at radius 1 is 1.23 bits per heavy atom. The number of anilines is 1. The minimum atomic E-state index is -0.737. The molecule has 2 aromatic rings. The van der Waals surface area contributed by atoms with Crippen molar-refractivity contribution in [1.29, 1.82) is 0 Å². The molecule has 0 aliphatic heterocycles. The van der Waals surface area contributed by atoms with Crippen LogP contribution in [-0.4, -0.2) is 39.2 Å². The normalized spacial score (nSPS) is 12.7. The lowest BCUT2D eigenvalue weighted by Gasteiger charge is -2.11. The molecule has 0 saturated heterocycles. The highest BCUT2D eigenvalue weighted by atomic mass is 16.3. The summed E-state index contributed by atoms with van der Waals surface area (Å²) in [6.45, 7) is 3.28. The first-order valence-corrected chi connectivity index (χ1v) is 8.23. The van der Waals surface area contributed by atoms with Gasteiger partial charge in [-0.2, -0.15) is 5.10 Å². The van der Waals surface area contributed by atoms with Crippen molar-refractivity contribution in [1.82, 2.24) is 9.78 Å². The number of rotatable bonds is 10. The number of fused-ring (bicyclic) bond motifs is 1. The molecule has 3 N–H and O–H groups in total. The summed E-state index contributed by atoms with van der Waals surface area (Å²) < 4.78 is 2.05. The van der Waals surface area contributed by atoms with Crippen molar-refractivity contribution in [3.8, 4) is 0 Å². The van der Waals surface area contributed by atoms with Gasteiger partial charge in [-0.3, -0.25) is 4.68 Å². The van der Waals surface area contributed by atoms with Crippen molar-refractivity contribution in [3.05, 3.63) is 24.4 Å². The van der Waals surface area contributed by atoms with Crippen LogP contribution >= 0.6 is 0 Å². The van der Waals surface area contributed by atoms with Gasteiger partial charge in [0.2, 0.25) is 0 Å². The van der Waals surface area contributed by atoms with E-state index in [1.54, 1.807) is 0 Å². The van der Waals surface area contributed by atoms with E-state index in [0.29, 0.717) is 6.54 Å². The number of aryl methyl sites for hydroxylation is 1. The number of aromatic nitrogens is 2. The van der Waals surface area contributed by atoms with Crippen molar-refractivity contribution in [2.45, 2.75) is 51.7 Å². The molecule has 0 aliphatic carbocycles. The van der Waals surface area contributed by atoms with Gasteiger partial charge >= 0.3 is 0 Å². The van der Waals surface area contributed by atoms with E-state index < -0.39 is 6.10 Å². The van der Waals surface area contributed by atoms with Crippen LogP contribution in [0.4, 0.5) is 5.69 Å². The zero-order chi connectivity index (χ0) is 15.8. The fourth-order valence-corrected chi connectivity index (χ4v) is 2.52. The molecule has 2 rings (SSSR count). The van der Waals surface area contributed by atoms with Crippen LogP contribution in [0.25, 0.3) is 10.9 Å². The van der Waals surface area contributed by atoms with Gasteiger partial charge in [0, 0.05) is 24.2 Å². The van der Waals surface area contributed by atoms with Gasteiger partial charge in [0.1, 0.15) is 0 Å². The summed E-state index contributed by atoms with van der Waals surface area (Å²) in [5, 5.41) is 27.0. The quantitative estimate of drug-likeness (QED) is 0.590. The summed E-state index contributed by atoms with van der Waals surface area (Å²) in [4.78, 5) is 0. The molecular formula is C17H27N3O2. The molecule has 0 spiro atoms. The fourth-order valence-electron chi connectivity index (χ4n) is 2.52. The van der Waals surface area contributed by atoms with E-state index in [-0.39, 0.29) is 6.61 Å². The summed E-state index contributed by atoms with van der Waals surface area (Å²) in [6, 6.07) is 6.06. The molecule has 5 heteroatoms. The largest absolute Gasteiger partial charge is 0.394 e. The van der Waals surface area contributed by atoms with E-state index in [2.05, 4.69) is 28.1 Å². The highest BCUT2D eigenvalue weighted by Gasteiger charge is 2.05. The Balaban J connectivity index is 1.96. The number of hydrogen-bond acceptors (Lipinski definition) is 4. The minimum Gasteiger partial charge on any atom is -0.394 e. The Morgan fingerprint density at radius 3 is 2.82 bits per heavy atom. The molecule has 122 valence electrons. The molecule has 1 aromatic carbocycles. The zero-order valence-corrected chi connectivity index (χ0v) is 13.3. The lowest BCUT2D eigenvalue weighted by atomic mass is 10.1. The van der Waals surface area contributed by atoms with Crippen LogP contribution in [-0.2, 0) is 6.54 Å². The molecule has 1 heterocycles. The minimum absolute atomic E-state index is 0.231. The Hall–Kier alpha value is -1.59. The van der Waals surface area contributed by atoms with Gasteiger partial charge in [-0.05, 0) is 24.6 Å². The van der Waals surface area contributed by atoms with Gasteiger partial charge in [-0.25, -0.2) is 0 Å². The van der Waals surface area contributed by atoms with Gasteiger partial charge in [0.15, 0.2) is 0 Å². The second-order valence-electron chi connectivity index (χ2n) is 5.77. The van der Waals surface area contributed by atoms with Gasteiger partial charge in [-0.1, -0.05) is 32.6 Å². The first-order chi connectivity index (χ1) is 10.7. The van der Waals surface area contributed by atoms with E-state index in [4.69, 9.17) is 5.11 Å². The van der Waals surface area contributed by atoms with Crippen molar-refractivity contribution in [2.24, 2.45) is 0 Å². The molecule has 5 nitrogen and oxygen atoms in total. The maximum Gasteiger partial charge on any atom is 0.0942 e. The monoisotopic (exact) mass is 305 g/mol. The summed E-state index contributed by atoms with van der Waals surface area (Å²) >= 11 is 0. The average molecular weight is 305 g/mol. The number of nitrogens with one attached hydrogen (secondary N) is 1. The van der Waals surface area contributed by atoms with Crippen LogP contribution in [0.1, 0.15) is 39.0 Å². The van der Waals surface area contributed by atoms with Gasteiger partial charge in [0.05, 0.1) is 24.4 Å². The van der Waals surface area contributed by atoms with Crippen molar-refractivity contribution in [3.63, 3.8) is 0 Å². The summed E-state index contributed by atoms with van der Waals surface area (Å²) in [6.07, 6.45) is 7.42. The lowest BCUT2D eigenvalue weighted by molar-refractivity contribution is 0.105. The molecule has 22 heavy (non-hydrogen) atoms. The smallest absolute Gasteiger partial charge is 0.0942 e.